The molecule has 0 saturated heterocycles. The van der Waals surface area contributed by atoms with Gasteiger partial charge in [0, 0.05) is 11.4 Å². The summed E-state index contributed by atoms with van der Waals surface area (Å²) in [5.41, 5.74) is 7.57. The van der Waals surface area contributed by atoms with Crippen molar-refractivity contribution in [1.29, 1.82) is 5.26 Å². The second kappa shape index (κ2) is 5.42. The van der Waals surface area contributed by atoms with Gasteiger partial charge in [-0.1, -0.05) is 0 Å². The minimum atomic E-state index is 0. The van der Waals surface area contributed by atoms with Crippen LogP contribution >= 0.6 is 36.2 Å². The van der Waals surface area contributed by atoms with E-state index in [2.05, 4.69) is 11.4 Å². The van der Waals surface area contributed by atoms with Crippen LogP contribution in [-0.2, 0) is 13.0 Å². The van der Waals surface area contributed by atoms with Crippen molar-refractivity contribution >= 4 is 41.2 Å². The van der Waals surface area contributed by atoms with Crippen molar-refractivity contribution in [2.75, 3.05) is 12.3 Å². The molecule has 78 valence electrons. The Kier molecular flexibility index (Phi) is 5.24. The predicted molar refractivity (Wildman–Crippen MR) is 63.4 cm³/mol. The van der Waals surface area contributed by atoms with Gasteiger partial charge in [0.1, 0.15) is 11.1 Å². The van der Waals surface area contributed by atoms with Crippen molar-refractivity contribution in [1.82, 2.24) is 5.32 Å². The lowest BCUT2D eigenvalue weighted by atomic mass is 10.1. The molecule has 0 radical (unpaired) electrons. The molecule has 0 atom stereocenters. The third-order valence-electron chi connectivity index (χ3n) is 2.07. The van der Waals surface area contributed by atoms with E-state index >= 15 is 0 Å². The van der Waals surface area contributed by atoms with Crippen LogP contribution in [0.2, 0.25) is 0 Å². The Bertz CT molecular complexity index is 356. The number of hydrogen-bond acceptors (Lipinski definition) is 4. The molecule has 1 aliphatic heterocycles. The molecule has 0 amide bonds. The number of nitrogen functional groups attached to an aromatic ring is 1. The van der Waals surface area contributed by atoms with Crippen LogP contribution in [0.25, 0.3) is 0 Å². The van der Waals surface area contributed by atoms with E-state index in [4.69, 9.17) is 11.0 Å². The van der Waals surface area contributed by atoms with Gasteiger partial charge in [-0.05, 0) is 18.5 Å². The quantitative estimate of drug-likeness (QED) is 0.738. The van der Waals surface area contributed by atoms with Gasteiger partial charge in [0.2, 0.25) is 0 Å². The van der Waals surface area contributed by atoms with Crippen LogP contribution in [0.1, 0.15) is 16.0 Å². The molecule has 0 aliphatic carbocycles. The molecule has 3 N–H and O–H groups in total. The van der Waals surface area contributed by atoms with Crippen LogP contribution in [0.3, 0.4) is 0 Å². The fourth-order valence-electron chi connectivity index (χ4n) is 1.48. The fourth-order valence-corrected chi connectivity index (χ4v) is 2.52. The summed E-state index contributed by atoms with van der Waals surface area (Å²) in [7, 11) is 0. The number of halogens is 2. The minimum absolute atomic E-state index is 0. The monoisotopic (exact) mass is 251 g/mol. The Balaban J connectivity index is 0.000000845. The molecule has 1 aromatic rings. The van der Waals surface area contributed by atoms with Crippen molar-refractivity contribution in [2.24, 2.45) is 0 Å². The summed E-state index contributed by atoms with van der Waals surface area (Å²) in [6, 6.07) is 2.16. The predicted octanol–water partition coefficient (Wildman–Crippen LogP) is 1.69. The summed E-state index contributed by atoms with van der Waals surface area (Å²) < 4.78 is 0. The van der Waals surface area contributed by atoms with E-state index in [0.717, 1.165) is 19.5 Å². The zero-order chi connectivity index (χ0) is 8.55. The van der Waals surface area contributed by atoms with Crippen molar-refractivity contribution in [3.63, 3.8) is 0 Å². The molecule has 2 heterocycles. The normalized spacial score (nSPS) is 13.1. The van der Waals surface area contributed by atoms with Crippen LogP contribution in [0.15, 0.2) is 0 Å². The van der Waals surface area contributed by atoms with Gasteiger partial charge in [0.25, 0.3) is 0 Å². The van der Waals surface area contributed by atoms with E-state index < -0.39 is 0 Å². The van der Waals surface area contributed by atoms with E-state index in [1.165, 1.54) is 21.8 Å². The lowest BCUT2D eigenvalue weighted by Gasteiger charge is -2.11. The van der Waals surface area contributed by atoms with E-state index in [-0.39, 0.29) is 24.8 Å². The first-order chi connectivity index (χ1) is 5.83. The smallest absolute Gasteiger partial charge is 0.104 e. The maximum atomic E-state index is 8.82. The minimum Gasteiger partial charge on any atom is -0.389 e. The molecule has 0 saturated carbocycles. The first kappa shape index (κ1) is 13.5. The number of thiophene rings is 1. The number of nitrogens with zero attached hydrogens (tertiary/aromatic N) is 1. The highest BCUT2D eigenvalue weighted by Gasteiger charge is 2.18. The molecule has 0 fully saturated rings. The first-order valence-corrected chi connectivity index (χ1v) is 4.65. The molecule has 2 rings (SSSR count). The number of nitrogens with two attached hydrogens (primary N) is 1. The number of hydrogen-bond donors (Lipinski definition) is 2. The summed E-state index contributed by atoms with van der Waals surface area (Å²) in [5, 5.41) is 12.7. The summed E-state index contributed by atoms with van der Waals surface area (Å²) in [5.74, 6) is 0. The average molecular weight is 252 g/mol. The lowest BCUT2D eigenvalue weighted by Crippen LogP contribution is -2.22. The average Bonchev–Trinajstić information content (AvgIpc) is 2.40. The second-order valence-electron chi connectivity index (χ2n) is 2.78. The highest BCUT2D eigenvalue weighted by Crippen LogP contribution is 2.32. The van der Waals surface area contributed by atoms with Crippen molar-refractivity contribution in [3.8, 4) is 6.07 Å². The Morgan fingerprint density at radius 2 is 2.14 bits per heavy atom. The molecule has 0 spiro atoms. The highest BCUT2D eigenvalue weighted by atomic mass is 35.5. The van der Waals surface area contributed by atoms with Crippen molar-refractivity contribution in [3.05, 3.63) is 16.0 Å². The van der Waals surface area contributed by atoms with Gasteiger partial charge in [-0.2, -0.15) is 5.26 Å². The maximum absolute atomic E-state index is 8.82. The largest absolute Gasteiger partial charge is 0.389 e. The SMILES string of the molecule is Cl.Cl.N#Cc1c(N)sc2c1CCNC2. The van der Waals surface area contributed by atoms with Crippen molar-refractivity contribution in [2.45, 2.75) is 13.0 Å². The van der Waals surface area contributed by atoms with Gasteiger partial charge < -0.3 is 11.1 Å². The molecule has 0 unspecified atom stereocenters. The van der Waals surface area contributed by atoms with Gasteiger partial charge in [-0.15, -0.1) is 36.2 Å². The van der Waals surface area contributed by atoms with Crippen LogP contribution in [0.5, 0.6) is 0 Å². The lowest BCUT2D eigenvalue weighted by molar-refractivity contribution is 0.654. The molecule has 1 aromatic heterocycles. The topological polar surface area (TPSA) is 61.8 Å². The maximum Gasteiger partial charge on any atom is 0.104 e. The second-order valence-corrected chi connectivity index (χ2v) is 3.92. The zero-order valence-electron chi connectivity index (χ0n) is 7.37. The van der Waals surface area contributed by atoms with Gasteiger partial charge in [0.05, 0.1) is 5.56 Å². The zero-order valence-corrected chi connectivity index (χ0v) is 9.82. The van der Waals surface area contributed by atoms with Gasteiger partial charge in [0.15, 0.2) is 0 Å². The highest BCUT2D eigenvalue weighted by molar-refractivity contribution is 7.16. The Morgan fingerprint density at radius 3 is 2.79 bits per heavy atom. The van der Waals surface area contributed by atoms with Gasteiger partial charge in [-0.3, -0.25) is 0 Å². The Labute approximate surface area is 99.1 Å². The molecular formula is C8H11Cl2N3S. The summed E-state index contributed by atoms with van der Waals surface area (Å²) in [6.45, 7) is 1.82. The number of nitrogens with one attached hydrogen (secondary N) is 1. The third kappa shape index (κ3) is 2.12. The Hall–Kier alpha value is -0.470. The fraction of sp³-hybridized carbons (Fsp3) is 0.375. The molecule has 0 aromatic carbocycles. The van der Waals surface area contributed by atoms with Crippen LogP contribution in [-0.4, -0.2) is 6.54 Å². The van der Waals surface area contributed by atoms with E-state index in [9.17, 15) is 0 Å². The van der Waals surface area contributed by atoms with Crippen LogP contribution in [0, 0.1) is 11.3 Å². The number of rotatable bonds is 0. The van der Waals surface area contributed by atoms with Gasteiger partial charge >= 0.3 is 0 Å². The van der Waals surface area contributed by atoms with E-state index in [0.29, 0.717) is 10.6 Å². The molecule has 3 nitrogen and oxygen atoms in total. The molecule has 6 heteroatoms. The summed E-state index contributed by atoms with van der Waals surface area (Å²) in [6.07, 6.45) is 0.936. The van der Waals surface area contributed by atoms with Crippen LogP contribution < -0.4 is 11.1 Å². The van der Waals surface area contributed by atoms with Gasteiger partial charge in [-0.25, -0.2) is 0 Å². The first-order valence-electron chi connectivity index (χ1n) is 3.83. The summed E-state index contributed by atoms with van der Waals surface area (Å²) >= 11 is 1.53. The summed E-state index contributed by atoms with van der Waals surface area (Å²) in [4.78, 5) is 1.23. The van der Waals surface area contributed by atoms with Crippen molar-refractivity contribution < 1.29 is 0 Å². The molecule has 0 bridgehead atoms. The molecule has 14 heavy (non-hydrogen) atoms. The Morgan fingerprint density at radius 1 is 1.43 bits per heavy atom. The van der Waals surface area contributed by atoms with E-state index in [1.54, 1.807) is 0 Å². The van der Waals surface area contributed by atoms with Crippen LogP contribution in [0.4, 0.5) is 5.00 Å². The standard InChI is InChI=1S/C8H9N3S.2ClH/c9-3-6-5-1-2-11-4-7(5)12-8(6)10;;/h11H,1-2,4,10H2;2*1H. The van der Waals surface area contributed by atoms with E-state index in [1.807, 2.05) is 0 Å². The third-order valence-corrected chi connectivity index (χ3v) is 3.13. The molecular weight excluding hydrogens is 241 g/mol. The number of fused-ring (bicyclic) bond motifs is 1. The number of anilines is 1. The number of nitriles is 1. The molecule has 1 aliphatic rings.